The number of carboxylic acid groups (broad SMARTS) is 1. The van der Waals surface area contributed by atoms with Crippen molar-refractivity contribution in [1.29, 1.82) is 0 Å². The predicted molar refractivity (Wildman–Crippen MR) is 88.0 cm³/mol. The molecule has 0 bridgehead atoms. The van der Waals surface area contributed by atoms with Crippen LogP contribution in [0.1, 0.15) is 41.6 Å². The Balaban J connectivity index is 2.19. The molecule has 2 rings (SSSR count). The minimum atomic E-state index is -3.68. The molecule has 1 amide bonds. The van der Waals surface area contributed by atoms with Gasteiger partial charge >= 0.3 is 5.97 Å². The van der Waals surface area contributed by atoms with Gasteiger partial charge in [-0.3, -0.25) is 4.79 Å². The average Bonchev–Trinajstić information content (AvgIpc) is 2.72. The Labute approximate surface area is 141 Å². The number of nitrogens with two attached hydrogens (primary N) is 1. The van der Waals surface area contributed by atoms with Gasteiger partial charge in [0, 0.05) is 19.5 Å². The fourth-order valence-electron chi connectivity index (χ4n) is 3.05. The van der Waals surface area contributed by atoms with Crippen molar-refractivity contribution in [2.75, 3.05) is 13.1 Å². The van der Waals surface area contributed by atoms with Crippen molar-refractivity contribution in [2.24, 2.45) is 11.7 Å². The molecule has 7 nitrogen and oxygen atoms in total. The number of amides is 1. The summed E-state index contributed by atoms with van der Waals surface area (Å²) < 4.78 is 27.0. The Hall–Kier alpha value is -1.93. The first-order chi connectivity index (χ1) is 11.2. The van der Waals surface area contributed by atoms with E-state index in [1.807, 2.05) is 0 Å². The van der Waals surface area contributed by atoms with Crippen LogP contribution in [-0.2, 0) is 14.8 Å². The molecule has 1 heterocycles. The Morgan fingerprint density at radius 2 is 2.00 bits per heavy atom. The highest BCUT2D eigenvalue weighted by Gasteiger charge is 2.28. The molecule has 1 aliphatic rings. The first-order valence-corrected chi connectivity index (χ1v) is 9.28. The van der Waals surface area contributed by atoms with Crippen molar-refractivity contribution in [3.05, 3.63) is 29.3 Å². The number of primary amides is 1. The van der Waals surface area contributed by atoms with Crippen LogP contribution in [0.2, 0.25) is 0 Å². The average molecular weight is 354 g/mol. The van der Waals surface area contributed by atoms with Crippen molar-refractivity contribution >= 4 is 21.9 Å². The summed E-state index contributed by atoms with van der Waals surface area (Å²) >= 11 is 0. The number of hydrogen-bond donors (Lipinski definition) is 2. The van der Waals surface area contributed by atoms with E-state index in [9.17, 15) is 18.0 Å². The third-order valence-corrected chi connectivity index (χ3v) is 6.26. The Morgan fingerprint density at radius 3 is 2.58 bits per heavy atom. The summed E-state index contributed by atoms with van der Waals surface area (Å²) in [6, 6.07) is 4.04. The lowest BCUT2D eigenvalue weighted by Gasteiger charge is -2.20. The molecule has 1 aromatic carbocycles. The molecule has 0 radical (unpaired) electrons. The topological polar surface area (TPSA) is 118 Å². The van der Waals surface area contributed by atoms with Gasteiger partial charge in [-0.25, -0.2) is 13.2 Å². The summed E-state index contributed by atoms with van der Waals surface area (Å²) in [5, 5.41) is 9.05. The van der Waals surface area contributed by atoms with Crippen molar-refractivity contribution < 1.29 is 23.1 Å². The third kappa shape index (κ3) is 4.12. The van der Waals surface area contributed by atoms with Crippen LogP contribution in [0, 0.1) is 12.8 Å². The number of nitrogens with zero attached hydrogens (tertiary/aromatic N) is 1. The largest absolute Gasteiger partial charge is 0.478 e. The third-order valence-electron chi connectivity index (χ3n) is 4.36. The number of rotatable bonds is 5. The molecule has 1 atom stereocenters. The second-order valence-corrected chi connectivity index (χ2v) is 8.09. The zero-order chi connectivity index (χ0) is 17.9. The minimum absolute atomic E-state index is 0.0892. The molecule has 132 valence electrons. The van der Waals surface area contributed by atoms with Crippen LogP contribution in [0.4, 0.5) is 0 Å². The van der Waals surface area contributed by atoms with Crippen LogP contribution in [0.5, 0.6) is 0 Å². The molecule has 1 unspecified atom stereocenters. The monoisotopic (exact) mass is 354 g/mol. The van der Waals surface area contributed by atoms with Crippen LogP contribution in [0.25, 0.3) is 0 Å². The smallest absolute Gasteiger partial charge is 0.335 e. The van der Waals surface area contributed by atoms with Gasteiger partial charge in [-0.1, -0.05) is 0 Å². The highest BCUT2D eigenvalue weighted by Crippen LogP contribution is 2.26. The fourth-order valence-corrected chi connectivity index (χ4v) is 4.63. The zero-order valence-corrected chi connectivity index (χ0v) is 14.4. The number of carbonyl (C=O) groups excluding carboxylic acids is 1. The fraction of sp³-hybridized carbons (Fsp3) is 0.500. The molecule has 0 aromatic heterocycles. The molecular weight excluding hydrogens is 332 g/mol. The van der Waals surface area contributed by atoms with E-state index in [4.69, 9.17) is 10.8 Å². The molecule has 1 aromatic rings. The van der Waals surface area contributed by atoms with Gasteiger partial charge in [-0.05, 0) is 55.9 Å². The SMILES string of the molecule is Cc1cc(S(=O)(=O)N2CCCC(CC(N)=O)CC2)ccc1C(=O)O. The Bertz CT molecular complexity index is 745. The normalized spacial score (nSPS) is 19.6. The minimum Gasteiger partial charge on any atom is -0.478 e. The van der Waals surface area contributed by atoms with E-state index >= 15 is 0 Å². The van der Waals surface area contributed by atoms with Crippen molar-refractivity contribution in [3.63, 3.8) is 0 Å². The lowest BCUT2D eigenvalue weighted by Crippen LogP contribution is -2.32. The summed E-state index contributed by atoms with van der Waals surface area (Å²) in [5.74, 6) is -1.34. The number of aryl methyl sites for hydroxylation is 1. The van der Waals surface area contributed by atoms with Crippen LogP contribution in [0.3, 0.4) is 0 Å². The van der Waals surface area contributed by atoms with Gasteiger partial charge in [0.15, 0.2) is 0 Å². The van der Waals surface area contributed by atoms with Crippen molar-refractivity contribution in [2.45, 2.75) is 37.5 Å². The van der Waals surface area contributed by atoms with Crippen molar-refractivity contribution in [1.82, 2.24) is 4.31 Å². The molecule has 1 saturated heterocycles. The van der Waals surface area contributed by atoms with E-state index in [2.05, 4.69) is 0 Å². The van der Waals surface area contributed by atoms with Crippen molar-refractivity contribution in [3.8, 4) is 0 Å². The molecule has 8 heteroatoms. The quantitative estimate of drug-likeness (QED) is 0.828. The summed E-state index contributed by atoms with van der Waals surface area (Å²) in [6.07, 6.45) is 2.31. The molecule has 3 N–H and O–H groups in total. The number of carboxylic acids is 1. The van der Waals surface area contributed by atoms with E-state index in [0.29, 0.717) is 31.5 Å². The second-order valence-electron chi connectivity index (χ2n) is 6.15. The lowest BCUT2D eigenvalue weighted by molar-refractivity contribution is -0.119. The first-order valence-electron chi connectivity index (χ1n) is 7.84. The molecule has 1 aliphatic heterocycles. The maximum atomic E-state index is 12.8. The number of sulfonamides is 1. The zero-order valence-electron chi connectivity index (χ0n) is 13.6. The number of carbonyl (C=O) groups is 2. The molecule has 1 fully saturated rings. The van der Waals surface area contributed by atoms with Crippen LogP contribution in [-0.4, -0.2) is 42.8 Å². The molecule has 0 saturated carbocycles. The number of aromatic carboxylic acids is 1. The maximum Gasteiger partial charge on any atom is 0.335 e. The summed E-state index contributed by atoms with van der Waals surface area (Å²) in [7, 11) is -3.68. The van der Waals surface area contributed by atoms with E-state index in [0.717, 1.165) is 6.42 Å². The Morgan fingerprint density at radius 1 is 1.29 bits per heavy atom. The van der Waals surface area contributed by atoms with Gasteiger partial charge in [0.05, 0.1) is 10.5 Å². The van der Waals surface area contributed by atoms with E-state index in [1.54, 1.807) is 6.92 Å². The van der Waals surface area contributed by atoms with E-state index in [-0.39, 0.29) is 28.7 Å². The van der Waals surface area contributed by atoms with Gasteiger partial charge in [0.2, 0.25) is 15.9 Å². The van der Waals surface area contributed by atoms with E-state index < -0.39 is 16.0 Å². The highest BCUT2D eigenvalue weighted by molar-refractivity contribution is 7.89. The predicted octanol–water partition coefficient (Wildman–Crippen LogP) is 1.36. The Kier molecular flexibility index (Phi) is 5.61. The van der Waals surface area contributed by atoms with Gasteiger partial charge in [-0.15, -0.1) is 0 Å². The standard InChI is InChI=1S/C16H22N2O5S/c1-11-9-13(4-5-14(11)16(20)21)24(22,23)18-7-2-3-12(6-8-18)10-15(17)19/h4-5,9,12H,2-3,6-8,10H2,1H3,(H2,17,19)(H,20,21). The summed E-state index contributed by atoms with van der Waals surface area (Å²) in [6.45, 7) is 2.30. The van der Waals surface area contributed by atoms with Crippen LogP contribution in [0.15, 0.2) is 23.1 Å². The highest BCUT2D eigenvalue weighted by atomic mass is 32.2. The van der Waals surface area contributed by atoms with Crippen LogP contribution < -0.4 is 5.73 Å². The van der Waals surface area contributed by atoms with Gasteiger partial charge in [0.1, 0.15) is 0 Å². The summed E-state index contributed by atoms with van der Waals surface area (Å²) in [4.78, 5) is 22.2. The molecule has 24 heavy (non-hydrogen) atoms. The first kappa shape index (κ1) is 18.4. The number of hydrogen-bond acceptors (Lipinski definition) is 4. The lowest BCUT2D eigenvalue weighted by atomic mass is 9.97. The van der Waals surface area contributed by atoms with Gasteiger partial charge in [0.25, 0.3) is 0 Å². The number of benzene rings is 1. The summed E-state index contributed by atoms with van der Waals surface area (Å²) in [5.41, 5.74) is 5.72. The molecule has 0 spiro atoms. The van der Waals surface area contributed by atoms with Gasteiger partial charge < -0.3 is 10.8 Å². The van der Waals surface area contributed by atoms with E-state index in [1.165, 1.54) is 22.5 Å². The maximum absolute atomic E-state index is 12.8. The molecule has 0 aliphatic carbocycles. The molecular formula is C16H22N2O5S. The van der Waals surface area contributed by atoms with Crippen LogP contribution >= 0.6 is 0 Å². The van der Waals surface area contributed by atoms with Gasteiger partial charge in [-0.2, -0.15) is 4.31 Å². The second kappa shape index (κ2) is 7.31.